The molecule has 0 radical (unpaired) electrons. The smallest absolute Gasteiger partial charge is 0.330 e. The summed E-state index contributed by atoms with van der Waals surface area (Å²) in [7, 11) is 0. The number of carboxylic acid groups (broad SMARTS) is 1. The maximum Gasteiger partial charge on any atom is 0.330 e. The van der Waals surface area contributed by atoms with Crippen LogP contribution in [0.4, 0.5) is 0 Å². The number of aromatic nitrogens is 2. The first-order chi connectivity index (χ1) is 12.0. The molecule has 0 saturated carbocycles. The lowest BCUT2D eigenvalue weighted by atomic mass is 9.86. The molecule has 2 amide bonds. The van der Waals surface area contributed by atoms with E-state index in [1.807, 2.05) is 0 Å². The van der Waals surface area contributed by atoms with Crippen LogP contribution in [0.3, 0.4) is 0 Å². The van der Waals surface area contributed by atoms with E-state index in [1.54, 1.807) is 32.8 Å². The van der Waals surface area contributed by atoms with E-state index < -0.39 is 11.5 Å². The molecule has 0 aromatic carbocycles. The van der Waals surface area contributed by atoms with Gasteiger partial charge in [0, 0.05) is 45.0 Å². The molecule has 8 nitrogen and oxygen atoms in total. The summed E-state index contributed by atoms with van der Waals surface area (Å²) in [6.07, 6.45) is 7.22. The molecule has 3 rings (SSSR count). The van der Waals surface area contributed by atoms with E-state index in [2.05, 4.69) is 11.6 Å². The Labute approximate surface area is 145 Å². The molecular weight excluding hydrogens is 324 g/mol. The number of rotatable bonds is 5. The number of carboxylic acids is 1. The van der Waals surface area contributed by atoms with Crippen molar-refractivity contribution in [1.29, 1.82) is 0 Å². The van der Waals surface area contributed by atoms with Gasteiger partial charge in [-0.2, -0.15) is 0 Å². The minimum Gasteiger partial charge on any atom is -0.479 e. The van der Waals surface area contributed by atoms with Crippen molar-refractivity contribution < 1.29 is 19.5 Å². The first-order valence-corrected chi connectivity index (χ1v) is 8.37. The van der Waals surface area contributed by atoms with Crippen molar-refractivity contribution in [2.24, 2.45) is 5.92 Å². The Bertz CT molecular complexity index is 677. The van der Waals surface area contributed by atoms with Gasteiger partial charge in [-0.3, -0.25) is 9.59 Å². The van der Waals surface area contributed by atoms with Crippen LogP contribution < -0.4 is 0 Å². The van der Waals surface area contributed by atoms with E-state index in [0.717, 1.165) is 0 Å². The van der Waals surface area contributed by atoms with Crippen LogP contribution in [-0.2, 0) is 19.9 Å². The van der Waals surface area contributed by atoms with Gasteiger partial charge in [0.2, 0.25) is 11.8 Å². The average Bonchev–Trinajstić information content (AvgIpc) is 3.25. The van der Waals surface area contributed by atoms with E-state index in [4.69, 9.17) is 0 Å². The molecule has 0 spiro atoms. The summed E-state index contributed by atoms with van der Waals surface area (Å²) in [5.74, 6) is -1.36. The predicted molar refractivity (Wildman–Crippen MR) is 88.5 cm³/mol. The van der Waals surface area contributed by atoms with Crippen molar-refractivity contribution >= 4 is 17.8 Å². The number of imidazole rings is 1. The highest BCUT2D eigenvalue weighted by Crippen LogP contribution is 2.32. The first kappa shape index (κ1) is 17.2. The number of carbonyl (C=O) groups excluding carboxylic acids is 2. The third-order valence-corrected chi connectivity index (χ3v) is 5.21. The summed E-state index contributed by atoms with van der Waals surface area (Å²) < 4.78 is 1.61. The van der Waals surface area contributed by atoms with Crippen LogP contribution in [0.2, 0.25) is 0 Å². The van der Waals surface area contributed by atoms with Gasteiger partial charge in [0.15, 0.2) is 0 Å². The molecule has 0 bridgehead atoms. The Morgan fingerprint density at radius 1 is 1.40 bits per heavy atom. The fraction of sp³-hybridized carbons (Fsp3) is 0.529. The molecule has 3 heterocycles. The van der Waals surface area contributed by atoms with E-state index in [0.29, 0.717) is 39.0 Å². The number of hydrogen-bond acceptors (Lipinski definition) is 4. The quantitative estimate of drug-likeness (QED) is 0.775. The number of likely N-dealkylation sites (tertiary alicyclic amines) is 2. The summed E-state index contributed by atoms with van der Waals surface area (Å²) in [5, 5.41) is 9.71. The second-order valence-electron chi connectivity index (χ2n) is 6.62. The number of hydrogen-bond donors (Lipinski definition) is 1. The van der Waals surface area contributed by atoms with E-state index in [-0.39, 0.29) is 24.2 Å². The largest absolute Gasteiger partial charge is 0.479 e. The topological polar surface area (TPSA) is 95.7 Å². The lowest BCUT2D eigenvalue weighted by molar-refractivity contribution is -0.153. The van der Waals surface area contributed by atoms with Gasteiger partial charge in [-0.05, 0) is 12.8 Å². The van der Waals surface area contributed by atoms with Crippen molar-refractivity contribution in [2.45, 2.75) is 24.8 Å². The third-order valence-electron chi connectivity index (χ3n) is 5.21. The third kappa shape index (κ3) is 3.04. The van der Waals surface area contributed by atoms with Crippen molar-refractivity contribution in [3.8, 4) is 0 Å². The molecule has 2 saturated heterocycles. The fourth-order valence-electron chi connectivity index (χ4n) is 3.72. The second kappa shape index (κ2) is 6.70. The number of nitrogens with zero attached hydrogens (tertiary/aromatic N) is 4. The first-order valence-electron chi connectivity index (χ1n) is 8.37. The lowest BCUT2D eigenvalue weighted by Gasteiger charge is -2.40. The Kier molecular flexibility index (Phi) is 4.61. The molecule has 1 atom stereocenters. The van der Waals surface area contributed by atoms with Crippen molar-refractivity contribution in [2.75, 3.05) is 26.2 Å². The molecule has 134 valence electrons. The van der Waals surface area contributed by atoms with Gasteiger partial charge in [-0.15, -0.1) is 6.58 Å². The van der Waals surface area contributed by atoms with Crippen LogP contribution >= 0.6 is 0 Å². The maximum atomic E-state index is 12.7. The van der Waals surface area contributed by atoms with E-state index >= 15 is 0 Å². The molecule has 2 fully saturated rings. The van der Waals surface area contributed by atoms with E-state index in [9.17, 15) is 19.5 Å². The summed E-state index contributed by atoms with van der Waals surface area (Å²) in [6.45, 7) is 5.19. The SMILES string of the molecule is C=CCN1C[C@@H](C(=O)N2CCC(C(=O)O)(n3ccnc3)CC2)CC1=O. The normalized spacial score (nSPS) is 22.9. The minimum absolute atomic E-state index is 0.0337. The molecule has 25 heavy (non-hydrogen) atoms. The van der Waals surface area contributed by atoms with E-state index in [1.165, 1.54) is 6.33 Å². The summed E-state index contributed by atoms with van der Waals surface area (Å²) in [5.41, 5.74) is -1.06. The van der Waals surface area contributed by atoms with Crippen LogP contribution in [0.1, 0.15) is 19.3 Å². The highest BCUT2D eigenvalue weighted by atomic mass is 16.4. The second-order valence-corrected chi connectivity index (χ2v) is 6.62. The van der Waals surface area contributed by atoms with Crippen molar-refractivity contribution in [3.63, 3.8) is 0 Å². The van der Waals surface area contributed by atoms with Crippen LogP contribution in [0, 0.1) is 5.92 Å². The molecule has 2 aliphatic rings. The van der Waals surface area contributed by atoms with Gasteiger partial charge in [-0.25, -0.2) is 9.78 Å². The average molecular weight is 346 g/mol. The Balaban J connectivity index is 1.66. The Morgan fingerprint density at radius 3 is 2.68 bits per heavy atom. The number of piperidine rings is 1. The van der Waals surface area contributed by atoms with Gasteiger partial charge in [0.25, 0.3) is 0 Å². The molecule has 1 aromatic rings. The summed E-state index contributed by atoms with van der Waals surface area (Å²) in [4.78, 5) is 43.8. The van der Waals surface area contributed by atoms with Gasteiger partial charge in [-0.1, -0.05) is 6.08 Å². The lowest BCUT2D eigenvalue weighted by Crippen LogP contribution is -2.53. The molecule has 8 heteroatoms. The number of carbonyl (C=O) groups is 3. The monoisotopic (exact) mass is 346 g/mol. The minimum atomic E-state index is -1.06. The molecule has 1 N–H and O–H groups in total. The zero-order chi connectivity index (χ0) is 18.0. The zero-order valence-electron chi connectivity index (χ0n) is 14.0. The maximum absolute atomic E-state index is 12.7. The van der Waals surface area contributed by atoms with Crippen LogP contribution in [0.15, 0.2) is 31.4 Å². The van der Waals surface area contributed by atoms with Gasteiger partial charge in [0.1, 0.15) is 5.54 Å². The van der Waals surface area contributed by atoms with Crippen LogP contribution in [0.5, 0.6) is 0 Å². The van der Waals surface area contributed by atoms with Gasteiger partial charge in [0.05, 0.1) is 12.2 Å². The van der Waals surface area contributed by atoms with Crippen molar-refractivity contribution in [3.05, 3.63) is 31.4 Å². The summed E-state index contributed by atoms with van der Waals surface area (Å²) >= 11 is 0. The number of amides is 2. The zero-order valence-corrected chi connectivity index (χ0v) is 14.0. The molecule has 2 aliphatic heterocycles. The fourth-order valence-corrected chi connectivity index (χ4v) is 3.72. The predicted octanol–water partition coefficient (Wildman–Crippen LogP) is 0.320. The summed E-state index contributed by atoms with van der Waals surface area (Å²) in [6, 6.07) is 0. The molecule has 1 aromatic heterocycles. The molecular formula is C17H22N4O4. The molecule has 0 aliphatic carbocycles. The van der Waals surface area contributed by atoms with Crippen LogP contribution in [0.25, 0.3) is 0 Å². The Morgan fingerprint density at radius 2 is 2.12 bits per heavy atom. The highest BCUT2D eigenvalue weighted by Gasteiger charge is 2.45. The number of aliphatic carboxylic acids is 1. The van der Waals surface area contributed by atoms with Crippen molar-refractivity contribution in [1.82, 2.24) is 19.4 Å². The Hall–Kier alpha value is -2.64. The highest BCUT2D eigenvalue weighted by molar-refractivity contribution is 5.89. The standard InChI is InChI=1S/C17H22N4O4/c1-2-6-20-11-13(10-14(20)22)15(23)19-7-3-17(4-8-19,16(24)25)21-9-5-18-12-21/h2,5,9,12-13H,1,3-4,6-8,10-11H2,(H,24,25)/t13-/m0/s1. The van der Waals surface area contributed by atoms with Crippen LogP contribution in [-0.4, -0.2) is 68.4 Å². The van der Waals surface area contributed by atoms with Gasteiger partial charge < -0.3 is 19.5 Å². The molecule has 0 unspecified atom stereocenters. The van der Waals surface area contributed by atoms with Gasteiger partial charge >= 0.3 is 5.97 Å².